The molecule has 0 amide bonds. The second-order valence-corrected chi connectivity index (χ2v) is 5.40. The quantitative estimate of drug-likeness (QED) is 0.401. The molecule has 1 aromatic heterocycles. The van der Waals surface area contributed by atoms with Crippen LogP contribution in [0.5, 0.6) is 23.3 Å². The number of amidine groups is 2. The van der Waals surface area contributed by atoms with Crippen molar-refractivity contribution in [2.24, 2.45) is 11.5 Å². The summed E-state index contributed by atoms with van der Waals surface area (Å²) >= 11 is 0. The van der Waals surface area contributed by atoms with Gasteiger partial charge in [0.05, 0.1) is 0 Å². The molecule has 3 rings (SSSR count). The zero-order valence-electron chi connectivity index (χ0n) is 13.8. The Balaban J connectivity index is 1.75. The molecule has 0 unspecified atom stereocenters. The lowest BCUT2D eigenvalue weighted by Crippen LogP contribution is -2.10. The number of nitrogen functional groups attached to an aromatic ring is 2. The minimum absolute atomic E-state index is 0.00198. The number of hydrogen-bond acceptors (Lipinski definition) is 5. The van der Waals surface area contributed by atoms with Gasteiger partial charge in [-0.1, -0.05) is 18.2 Å². The Hall–Kier alpha value is -3.87. The van der Waals surface area contributed by atoms with Gasteiger partial charge in [-0.05, 0) is 36.4 Å². The lowest BCUT2D eigenvalue weighted by molar-refractivity contribution is 0.426. The highest BCUT2D eigenvalue weighted by atomic mass is 16.5. The Morgan fingerprint density at radius 3 is 1.88 bits per heavy atom. The normalized spacial score (nSPS) is 10.2. The summed E-state index contributed by atoms with van der Waals surface area (Å²) in [5, 5.41) is 14.9. The third kappa shape index (κ3) is 4.15. The molecule has 2 aromatic carbocycles. The number of nitrogens with one attached hydrogen (secondary N) is 2. The number of pyridine rings is 1. The van der Waals surface area contributed by atoms with Crippen LogP contribution < -0.4 is 20.9 Å². The van der Waals surface area contributed by atoms with Crippen LogP contribution in [0.25, 0.3) is 0 Å². The van der Waals surface area contributed by atoms with Crippen molar-refractivity contribution in [3.05, 3.63) is 77.9 Å². The fraction of sp³-hybridized carbons (Fsp3) is 0. The monoisotopic (exact) mass is 347 g/mol. The van der Waals surface area contributed by atoms with Crippen LogP contribution in [0.2, 0.25) is 0 Å². The van der Waals surface area contributed by atoms with Gasteiger partial charge >= 0.3 is 0 Å². The molecular formula is C19H17N5O2. The van der Waals surface area contributed by atoms with E-state index in [0.29, 0.717) is 34.4 Å². The fourth-order valence-electron chi connectivity index (χ4n) is 2.18. The standard InChI is InChI=1S/C19H17N5O2/c20-18(21)12-7-9-14(10-8-12)25-16-5-2-6-17(24-16)26-15-4-1-3-13(11-15)19(22)23/h1-11H,(H3,20,21)(H3,22,23). The lowest BCUT2D eigenvalue weighted by atomic mass is 10.2. The van der Waals surface area contributed by atoms with Crippen molar-refractivity contribution in [2.75, 3.05) is 0 Å². The van der Waals surface area contributed by atoms with Crippen molar-refractivity contribution in [3.8, 4) is 23.3 Å². The molecule has 3 aromatic rings. The average Bonchev–Trinajstić information content (AvgIpc) is 2.62. The molecule has 0 aliphatic carbocycles. The molecule has 7 nitrogen and oxygen atoms in total. The van der Waals surface area contributed by atoms with Gasteiger partial charge in [0.2, 0.25) is 11.8 Å². The molecule has 1 heterocycles. The van der Waals surface area contributed by atoms with Crippen molar-refractivity contribution in [1.29, 1.82) is 10.8 Å². The molecule has 0 aliphatic rings. The van der Waals surface area contributed by atoms with Gasteiger partial charge in [-0.3, -0.25) is 10.8 Å². The zero-order chi connectivity index (χ0) is 18.5. The number of ether oxygens (including phenoxy) is 2. The van der Waals surface area contributed by atoms with E-state index >= 15 is 0 Å². The maximum Gasteiger partial charge on any atom is 0.222 e. The molecule has 0 saturated carbocycles. The van der Waals surface area contributed by atoms with E-state index < -0.39 is 0 Å². The molecule has 0 atom stereocenters. The van der Waals surface area contributed by atoms with E-state index in [9.17, 15) is 0 Å². The summed E-state index contributed by atoms with van der Waals surface area (Å²) in [7, 11) is 0. The van der Waals surface area contributed by atoms with Gasteiger partial charge in [0.15, 0.2) is 0 Å². The number of aromatic nitrogens is 1. The first-order chi connectivity index (χ1) is 12.5. The van der Waals surface area contributed by atoms with Crippen LogP contribution in [0.1, 0.15) is 11.1 Å². The van der Waals surface area contributed by atoms with Gasteiger partial charge in [-0.15, -0.1) is 0 Å². The number of rotatable bonds is 6. The summed E-state index contributed by atoms with van der Waals surface area (Å²) in [6, 6.07) is 18.9. The first-order valence-corrected chi connectivity index (χ1v) is 7.73. The van der Waals surface area contributed by atoms with Crippen molar-refractivity contribution in [2.45, 2.75) is 0 Å². The van der Waals surface area contributed by atoms with Gasteiger partial charge in [0.1, 0.15) is 23.2 Å². The van der Waals surface area contributed by atoms with Crippen LogP contribution >= 0.6 is 0 Å². The van der Waals surface area contributed by atoms with E-state index in [0.717, 1.165) is 0 Å². The van der Waals surface area contributed by atoms with E-state index in [1.165, 1.54) is 0 Å². The summed E-state index contributed by atoms with van der Waals surface area (Å²) in [5.41, 5.74) is 12.1. The Kier molecular flexibility index (Phi) is 4.80. The van der Waals surface area contributed by atoms with E-state index in [4.69, 9.17) is 31.8 Å². The predicted molar refractivity (Wildman–Crippen MR) is 99.3 cm³/mol. The van der Waals surface area contributed by atoms with E-state index in [-0.39, 0.29) is 11.7 Å². The van der Waals surface area contributed by atoms with E-state index in [2.05, 4.69) is 4.98 Å². The predicted octanol–water partition coefficient (Wildman–Crippen LogP) is 3.23. The van der Waals surface area contributed by atoms with Crippen LogP contribution in [0.15, 0.2) is 66.7 Å². The molecule has 7 heteroatoms. The average molecular weight is 347 g/mol. The molecule has 0 fully saturated rings. The Morgan fingerprint density at radius 1 is 0.692 bits per heavy atom. The largest absolute Gasteiger partial charge is 0.439 e. The number of nitrogens with two attached hydrogens (primary N) is 2. The first kappa shape index (κ1) is 17.0. The molecule has 0 spiro atoms. The van der Waals surface area contributed by atoms with Gasteiger partial charge in [0, 0.05) is 23.3 Å². The molecular weight excluding hydrogens is 330 g/mol. The van der Waals surface area contributed by atoms with Crippen LogP contribution in [-0.2, 0) is 0 Å². The highest BCUT2D eigenvalue weighted by molar-refractivity contribution is 5.95. The minimum Gasteiger partial charge on any atom is -0.439 e. The molecule has 26 heavy (non-hydrogen) atoms. The number of nitrogens with zero attached hydrogens (tertiary/aromatic N) is 1. The molecule has 0 aliphatic heterocycles. The molecule has 6 N–H and O–H groups in total. The number of hydrogen-bond donors (Lipinski definition) is 4. The second-order valence-electron chi connectivity index (χ2n) is 5.40. The SMILES string of the molecule is N=C(N)c1ccc(Oc2cccc(Oc3cccc(C(=N)N)c3)n2)cc1. The minimum atomic E-state index is -0.0329. The van der Waals surface area contributed by atoms with Crippen molar-refractivity contribution >= 4 is 11.7 Å². The van der Waals surface area contributed by atoms with Crippen molar-refractivity contribution in [1.82, 2.24) is 4.98 Å². The summed E-state index contributed by atoms with van der Waals surface area (Å²) in [4.78, 5) is 4.30. The van der Waals surface area contributed by atoms with Crippen molar-refractivity contribution < 1.29 is 9.47 Å². The van der Waals surface area contributed by atoms with Crippen LogP contribution in [0.3, 0.4) is 0 Å². The Labute approximate surface area is 150 Å². The maximum absolute atomic E-state index is 7.48. The zero-order valence-corrected chi connectivity index (χ0v) is 13.8. The third-order valence-corrected chi connectivity index (χ3v) is 3.45. The summed E-state index contributed by atoms with van der Waals surface area (Å²) < 4.78 is 11.4. The summed E-state index contributed by atoms with van der Waals surface area (Å²) in [6.07, 6.45) is 0. The fourth-order valence-corrected chi connectivity index (χ4v) is 2.18. The lowest BCUT2D eigenvalue weighted by Gasteiger charge is -2.09. The second kappa shape index (κ2) is 7.35. The van der Waals surface area contributed by atoms with Gasteiger partial charge in [-0.25, -0.2) is 0 Å². The smallest absolute Gasteiger partial charge is 0.222 e. The molecule has 0 radical (unpaired) electrons. The van der Waals surface area contributed by atoms with Crippen LogP contribution in [0, 0.1) is 10.8 Å². The van der Waals surface area contributed by atoms with Crippen LogP contribution in [0.4, 0.5) is 0 Å². The Morgan fingerprint density at radius 2 is 1.27 bits per heavy atom. The topological polar surface area (TPSA) is 131 Å². The maximum atomic E-state index is 7.48. The number of benzene rings is 2. The Bertz CT molecular complexity index is 954. The van der Waals surface area contributed by atoms with E-state index in [1.807, 2.05) is 0 Å². The summed E-state index contributed by atoms with van der Waals surface area (Å²) in [5.74, 6) is 1.77. The summed E-state index contributed by atoms with van der Waals surface area (Å²) in [6.45, 7) is 0. The highest BCUT2D eigenvalue weighted by Gasteiger charge is 2.05. The van der Waals surface area contributed by atoms with E-state index in [1.54, 1.807) is 66.7 Å². The molecule has 0 saturated heterocycles. The first-order valence-electron chi connectivity index (χ1n) is 7.73. The van der Waals surface area contributed by atoms with Crippen molar-refractivity contribution in [3.63, 3.8) is 0 Å². The molecule has 0 bridgehead atoms. The van der Waals surface area contributed by atoms with Gasteiger partial charge in [0.25, 0.3) is 0 Å². The highest BCUT2D eigenvalue weighted by Crippen LogP contribution is 2.25. The van der Waals surface area contributed by atoms with Gasteiger partial charge in [-0.2, -0.15) is 4.98 Å². The molecule has 130 valence electrons. The third-order valence-electron chi connectivity index (χ3n) is 3.45. The van der Waals surface area contributed by atoms with Crippen LogP contribution in [-0.4, -0.2) is 16.7 Å². The van der Waals surface area contributed by atoms with Gasteiger partial charge < -0.3 is 20.9 Å².